The number of rotatable bonds is 7. The van der Waals surface area contributed by atoms with Crippen molar-refractivity contribution in [2.75, 3.05) is 32.9 Å². The molecule has 2 unspecified atom stereocenters. The van der Waals surface area contributed by atoms with Crippen LogP contribution in [0, 0.1) is 0 Å². The largest absolute Gasteiger partial charge is 0.491 e. The van der Waals surface area contributed by atoms with Crippen LogP contribution >= 0.6 is 0 Å². The summed E-state index contributed by atoms with van der Waals surface area (Å²) >= 11 is 0. The van der Waals surface area contributed by atoms with E-state index in [-0.39, 0.29) is 18.4 Å². The molecule has 0 amide bonds. The lowest BCUT2D eigenvalue weighted by Gasteiger charge is -2.28. The number of hydrogen-bond donors (Lipinski definition) is 1. The Morgan fingerprint density at radius 2 is 1.93 bits per heavy atom. The minimum absolute atomic E-state index is 0.0239. The zero-order valence-corrected chi connectivity index (χ0v) is 16.7. The molecular formula is C23H27NO5. The van der Waals surface area contributed by atoms with E-state index in [4.69, 9.17) is 14.2 Å². The maximum absolute atomic E-state index is 11.3. The maximum atomic E-state index is 11.3. The molecule has 1 N–H and O–H groups in total. The highest BCUT2D eigenvalue weighted by atomic mass is 16.6. The number of likely N-dealkylation sites (tertiary alicyclic amines) is 1. The van der Waals surface area contributed by atoms with Crippen LogP contribution in [-0.2, 0) is 0 Å². The number of benzene rings is 2. The van der Waals surface area contributed by atoms with E-state index in [0.29, 0.717) is 31.1 Å². The first-order valence-electron chi connectivity index (χ1n) is 10.2. The highest BCUT2D eigenvalue weighted by Gasteiger charge is 2.29. The van der Waals surface area contributed by atoms with Crippen molar-refractivity contribution in [1.29, 1.82) is 0 Å². The van der Waals surface area contributed by atoms with Gasteiger partial charge in [0.2, 0.25) is 0 Å². The van der Waals surface area contributed by atoms with Gasteiger partial charge >= 0.3 is 0 Å². The standard InChI is InChI=1S/C23H27NO5/c1-16(25)17-4-7-20(8-5-17)29-15-19(26)14-24-10-2-3-21(24)18-6-9-22-23(13-18)28-12-11-27-22/h4-9,13,19,21,26H,2-3,10-12,14-15H2,1H3. The van der Waals surface area contributed by atoms with E-state index in [9.17, 15) is 9.90 Å². The fourth-order valence-corrected chi connectivity index (χ4v) is 3.99. The SMILES string of the molecule is CC(=O)c1ccc(OCC(O)CN2CCCC2c2ccc3c(c2)OCCO3)cc1. The van der Waals surface area contributed by atoms with Crippen molar-refractivity contribution in [1.82, 2.24) is 4.90 Å². The molecule has 4 rings (SSSR count). The Bertz CT molecular complexity index is 851. The van der Waals surface area contributed by atoms with E-state index in [1.54, 1.807) is 24.3 Å². The van der Waals surface area contributed by atoms with E-state index in [1.165, 1.54) is 12.5 Å². The smallest absolute Gasteiger partial charge is 0.161 e. The van der Waals surface area contributed by atoms with Crippen LogP contribution in [0.3, 0.4) is 0 Å². The molecule has 6 nitrogen and oxygen atoms in total. The van der Waals surface area contributed by atoms with Crippen molar-refractivity contribution >= 4 is 5.78 Å². The van der Waals surface area contributed by atoms with Crippen LogP contribution in [0.15, 0.2) is 42.5 Å². The second kappa shape index (κ2) is 8.84. The molecule has 2 aromatic rings. The van der Waals surface area contributed by atoms with Gasteiger partial charge in [0, 0.05) is 18.2 Å². The quantitative estimate of drug-likeness (QED) is 0.724. The van der Waals surface area contributed by atoms with Crippen LogP contribution in [0.25, 0.3) is 0 Å². The second-order valence-corrected chi connectivity index (χ2v) is 7.60. The number of hydrogen-bond acceptors (Lipinski definition) is 6. The zero-order valence-electron chi connectivity index (χ0n) is 16.7. The third kappa shape index (κ3) is 4.71. The topological polar surface area (TPSA) is 68.2 Å². The van der Waals surface area contributed by atoms with Gasteiger partial charge in [-0.05, 0) is 68.3 Å². The second-order valence-electron chi connectivity index (χ2n) is 7.60. The van der Waals surface area contributed by atoms with Crippen molar-refractivity contribution < 1.29 is 24.1 Å². The summed E-state index contributed by atoms with van der Waals surface area (Å²) in [5, 5.41) is 10.5. The molecule has 0 saturated carbocycles. The molecule has 6 heteroatoms. The fraction of sp³-hybridized carbons (Fsp3) is 0.435. The van der Waals surface area contributed by atoms with Gasteiger partial charge in [0.15, 0.2) is 17.3 Å². The number of carbonyl (C=O) groups is 1. The normalized spacial score (nSPS) is 19.7. The molecule has 0 aromatic heterocycles. The fourth-order valence-electron chi connectivity index (χ4n) is 3.99. The number of aliphatic hydroxyl groups is 1. The molecule has 1 fully saturated rings. The summed E-state index contributed by atoms with van der Waals surface area (Å²) < 4.78 is 17.0. The number of ketones is 1. The van der Waals surface area contributed by atoms with Gasteiger partial charge < -0.3 is 19.3 Å². The number of ether oxygens (including phenoxy) is 3. The van der Waals surface area contributed by atoms with Gasteiger partial charge in [0.1, 0.15) is 31.7 Å². The number of carbonyl (C=O) groups excluding carboxylic acids is 1. The lowest BCUT2D eigenvalue weighted by molar-refractivity contribution is 0.0637. The summed E-state index contributed by atoms with van der Waals surface area (Å²) in [7, 11) is 0. The highest BCUT2D eigenvalue weighted by Crippen LogP contribution is 2.38. The predicted molar refractivity (Wildman–Crippen MR) is 109 cm³/mol. The number of aliphatic hydroxyl groups excluding tert-OH is 1. The zero-order chi connectivity index (χ0) is 20.2. The van der Waals surface area contributed by atoms with Crippen molar-refractivity contribution in [2.24, 2.45) is 0 Å². The summed E-state index contributed by atoms with van der Waals surface area (Å²) in [6, 6.07) is 13.4. The number of Topliss-reactive ketones (excluding diaryl/α,β-unsaturated/α-hetero) is 1. The summed E-state index contributed by atoms with van der Waals surface area (Å²) in [6.07, 6.45) is 1.55. The van der Waals surface area contributed by atoms with Crippen LogP contribution in [0.1, 0.15) is 41.7 Å². The summed E-state index contributed by atoms with van der Waals surface area (Å²) in [5.41, 5.74) is 1.84. The van der Waals surface area contributed by atoms with E-state index in [2.05, 4.69) is 17.0 Å². The van der Waals surface area contributed by atoms with Gasteiger partial charge in [0.25, 0.3) is 0 Å². The van der Waals surface area contributed by atoms with E-state index >= 15 is 0 Å². The molecule has 0 spiro atoms. The van der Waals surface area contributed by atoms with Crippen molar-refractivity contribution in [3.8, 4) is 17.2 Å². The number of fused-ring (bicyclic) bond motifs is 1. The van der Waals surface area contributed by atoms with Crippen LogP contribution in [0.5, 0.6) is 17.2 Å². The molecule has 29 heavy (non-hydrogen) atoms. The van der Waals surface area contributed by atoms with Crippen LogP contribution in [0.4, 0.5) is 0 Å². The van der Waals surface area contributed by atoms with Gasteiger partial charge in [-0.1, -0.05) is 6.07 Å². The van der Waals surface area contributed by atoms with E-state index in [0.717, 1.165) is 30.9 Å². The molecular weight excluding hydrogens is 370 g/mol. The molecule has 0 bridgehead atoms. The highest BCUT2D eigenvalue weighted by molar-refractivity contribution is 5.94. The number of β-amino-alcohol motifs (C(OH)–C–C–N with tert-alkyl or cyclic N) is 1. The van der Waals surface area contributed by atoms with Crippen molar-refractivity contribution in [3.63, 3.8) is 0 Å². The molecule has 1 saturated heterocycles. The van der Waals surface area contributed by atoms with Crippen LogP contribution < -0.4 is 14.2 Å². The van der Waals surface area contributed by atoms with Crippen molar-refractivity contribution in [2.45, 2.75) is 31.9 Å². The minimum atomic E-state index is -0.597. The van der Waals surface area contributed by atoms with E-state index < -0.39 is 6.10 Å². The Kier molecular flexibility index (Phi) is 6.02. The van der Waals surface area contributed by atoms with Crippen molar-refractivity contribution in [3.05, 3.63) is 53.6 Å². The monoisotopic (exact) mass is 397 g/mol. The Labute approximate surface area is 171 Å². The summed E-state index contributed by atoms with van der Waals surface area (Å²) in [5.74, 6) is 2.28. The molecule has 2 aromatic carbocycles. The lowest BCUT2D eigenvalue weighted by Crippen LogP contribution is -2.35. The molecule has 0 radical (unpaired) electrons. The van der Waals surface area contributed by atoms with Gasteiger partial charge in [0.05, 0.1) is 0 Å². The summed E-state index contributed by atoms with van der Waals surface area (Å²) in [6.45, 7) is 4.41. The lowest BCUT2D eigenvalue weighted by atomic mass is 10.0. The first kappa shape index (κ1) is 19.7. The summed E-state index contributed by atoms with van der Waals surface area (Å²) in [4.78, 5) is 13.6. The van der Waals surface area contributed by atoms with Gasteiger partial charge in [-0.3, -0.25) is 9.69 Å². The number of nitrogens with zero attached hydrogens (tertiary/aromatic N) is 1. The van der Waals surface area contributed by atoms with Gasteiger partial charge in [-0.2, -0.15) is 0 Å². The van der Waals surface area contributed by atoms with E-state index in [1.807, 2.05) is 6.07 Å². The molecule has 2 heterocycles. The van der Waals surface area contributed by atoms with Gasteiger partial charge in [-0.25, -0.2) is 0 Å². The Hall–Kier alpha value is -2.57. The first-order chi connectivity index (χ1) is 14.1. The molecule has 0 aliphatic carbocycles. The molecule has 2 aliphatic rings. The Morgan fingerprint density at radius 3 is 2.69 bits per heavy atom. The third-order valence-electron chi connectivity index (χ3n) is 5.46. The minimum Gasteiger partial charge on any atom is -0.491 e. The van der Waals surface area contributed by atoms with Crippen LogP contribution in [-0.4, -0.2) is 54.8 Å². The maximum Gasteiger partial charge on any atom is 0.161 e. The van der Waals surface area contributed by atoms with Gasteiger partial charge in [-0.15, -0.1) is 0 Å². The average molecular weight is 397 g/mol. The van der Waals surface area contributed by atoms with Crippen LogP contribution in [0.2, 0.25) is 0 Å². The predicted octanol–water partition coefficient (Wildman–Crippen LogP) is 3.24. The molecule has 2 aliphatic heterocycles. The first-order valence-corrected chi connectivity index (χ1v) is 10.2. The third-order valence-corrected chi connectivity index (χ3v) is 5.46. The Balaban J connectivity index is 1.33. The molecule has 2 atom stereocenters. The average Bonchev–Trinajstić information content (AvgIpc) is 3.20. The molecule has 154 valence electrons. The Morgan fingerprint density at radius 1 is 1.17 bits per heavy atom.